The third-order valence-electron chi connectivity index (χ3n) is 5.81. The molecule has 184 valence electrons. The molecule has 5 aromatic heterocycles. The molecule has 0 fully saturated rings. The fraction of sp³-hybridized carbons (Fsp3) is 0.231. The zero-order chi connectivity index (χ0) is 25.1. The molecule has 4 N–H and O–H groups in total. The van der Waals surface area contributed by atoms with Crippen LogP contribution in [0.4, 0.5) is 0 Å². The number of pyridine rings is 2. The molecule has 5 aromatic rings. The Labute approximate surface area is 212 Å². The number of H-pyrrole nitrogens is 2. The zero-order valence-electron chi connectivity index (χ0n) is 20.4. The van der Waals surface area contributed by atoms with Crippen molar-refractivity contribution in [2.45, 2.75) is 13.3 Å². The lowest BCUT2D eigenvalue weighted by molar-refractivity contribution is 0.177. The summed E-state index contributed by atoms with van der Waals surface area (Å²) in [6, 6.07) is 8.01. The van der Waals surface area contributed by atoms with Crippen molar-refractivity contribution in [1.29, 1.82) is 0 Å². The molecule has 0 aliphatic heterocycles. The van der Waals surface area contributed by atoms with Crippen LogP contribution in [0.3, 0.4) is 0 Å². The first-order chi connectivity index (χ1) is 17.6. The van der Waals surface area contributed by atoms with E-state index in [9.17, 15) is 0 Å². The Hall–Kier alpha value is -4.02. The van der Waals surface area contributed by atoms with Crippen LogP contribution in [0, 0.1) is 0 Å². The molecular formula is C26H28N8OS. The van der Waals surface area contributed by atoms with Crippen LogP contribution >= 0.6 is 11.3 Å². The predicted octanol–water partition coefficient (Wildman–Crippen LogP) is 4.80. The lowest BCUT2D eigenvalue weighted by Gasteiger charge is -2.13. The second-order valence-corrected chi connectivity index (χ2v) is 9.50. The highest BCUT2D eigenvalue weighted by Crippen LogP contribution is 2.32. The molecule has 0 saturated carbocycles. The van der Waals surface area contributed by atoms with E-state index in [2.05, 4.69) is 37.0 Å². The van der Waals surface area contributed by atoms with Crippen molar-refractivity contribution >= 4 is 39.0 Å². The molecule has 0 bridgehead atoms. The molecule has 0 amide bonds. The molecule has 0 radical (unpaired) electrons. The number of allylic oxidation sites excluding steroid dienone is 3. The summed E-state index contributed by atoms with van der Waals surface area (Å²) < 4.78 is 5.96. The first kappa shape index (κ1) is 23.7. The van der Waals surface area contributed by atoms with Crippen LogP contribution in [0.2, 0.25) is 0 Å². The summed E-state index contributed by atoms with van der Waals surface area (Å²) in [5.74, 6) is 1.54. The number of aromatic amines is 2. The molecule has 0 aliphatic rings. The van der Waals surface area contributed by atoms with E-state index >= 15 is 0 Å². The summed E-state index contributed by atoms with van der Waals surface area (Å²) in [4.78, 5) is 20.6. The second kappa shape index (κ2) is 10.3. The smallest absolute Gasteiger partial charge is 0.181 e. The number of hydrogen-bond acceptors (Lipinski definition) is 8. The van der Waals surface area contributed by atoms with Gasteiger partial charge in [-0.1, -0.05) is 13.0 Å². The van der Waals surface area contributed by atoms with Crippen LogP contribution in [0.1, 0.15) is 18.9 Å². The van der Waals surface area contributed by atoms with Gasteiger partial charge in [0.1, 0.15) is 23.5 Å². The van der Waals surface area contributed by atoms with Crippen molar-refractivity contribution < 1.29 is 4.74 Å². The molecule has 36 heavy (non-hydrogen) atoms. The minimum absolute atomic E-state index is 0.601. The van der Waals surface area contributed by atoms with E-state index in [1.807, 2.05) is 49.8 Å². The number of nitrogens with one attached hydrogen (secondary N) is 2. The monoisotopic (exact) mass is 500 g/mol. The topological polar surface area (TPSA) is 122 Å². The Morgan fingerprint density at radius 1 is 1.25 bits per heavy atom. The maximum absolute atomic E-state index is 6.02. The van der Waals surface area contributed by atoms with Crippen LogP contribution in [-0.2, 0) is 4.74 Å². The lowest BCUT2D eigenvalue weighted by Crippen LogP contribution is -2.17. The van der Waals surface area contributed by atoms with Gasteiger partial charge in [0, 0.05) is 42.7 Å². The van der Waals surface area contributed by atoms with Crippen LogP contribution < -0.4 is 5.73 Å². The van der Waals surface area contributed by atoms with E-state index < -0.39 is 0 Å². The summed E-state index contributed by atoms with van der Waals surface area (Å²) in [6.07, 6.45) is 7.87. The van der Waals surface area contributed by atoms with Crippen LogP contribution in [0.5, 0.6) is 0 Å². The number of aromatic nitrogens is 6. The Kier molecular flexibility index (Phi) is 6.79. The van der Waals surface area contributed by atoms with Gasteiger partial charge in [-0.3, -0.25) is 10.1 Å². The number of nitrogens with two attached hydrogens (primary N) is 1. The van der Waals surface area contributed by atoms with Gasteiger partial charge in [-0.05, 0) is 43.8 Å². The molecule has 0 unspecified atom stereocenters. The Bertz CT molecular complexity index is 1550. The number of thiophene rings is 1. The molecule has 0 aromatic carbocycles. The number of nitrogens with zero attached hydrogens (tertiary/aromatic N) is 5. The SMILES string of the molecule is CC/C(=C\C(=C/N)c1cnc2n[nH]c(-c3nc4c(-c5cccs5)nccc4[nH]3)c2c1)OCCN(C)C. The summed E-state index contributed by atoms with van der Waals surface area (Å²) in [7, 11) is 4.05. The van der Waals surface area contributed by atoms with Gasteiger partial charge in [0.15, 0.2) is 11.5 Å². The number of likely N-dealkylation sites (N-methyl/N-ethyl adjacent to an activating group) is 1. The average Bonchev–Trinajstić information content (AvgIpc) is 3.64. The molecule has 0 spiro atoms. The number of rotatable bonds is 9. The fourth-order valence-electron chi connectivity index (χ4n) is 3.89. The first-order valence-corrected chi connectivity index (χ1v) is 12.6. The van der Waals surface area contributed by atoms with Crippen LogP contribution in [-0.4, -0.2) is 62.3 Å². The lowest BCUT2D eigenvalue weighted by atomic mass is 10.1. The zero-order valence-corrected chi connectivity index (χ0v) is 21.3. The van der Waals surface area contributed by atoms with Gasteiger partial charge in [-0.2, -0.15) is 5.10 Å². The minimum Gasteiger partial charge on any atom is -0.497 e. The highest BCUT2D eigenvalue weighted by molar-refractivity contribution is 7.13. The molecule has 0 aliphatic carbocycles. The Balaban J connectivity index is 1.51. The first-order valence-electron chi connectivity index (χ1n) is 11.7. The standard InChI is InChI=1S/C26H28N8OS/c1-4-18(35-10-9-34(2)3)12-16(14-27)17-13-19-22(32-33-25(19)29-15-17)26-30-20-7-8-28-24(23(20)31-26)21-6-5-11-36-21/h5-8,11-15H,4,9-10,27H2,1-3H3,(H,30,31)(H,29,32,33)/b16-14+,18-12+. The van der Waals surface area contributed by atoms with E-state index in [4.69, 9.17) is 15.5 Å². The number of hydrogen-bond donors (Lipinski definition) is 3. The molecule has 5 rings (SSSR count). The van der Waals surface area contributed by atoms with Gasteiger partial charge >= 0.3 is 0 Å². The van der Waals surface area contributed by atoms with Crippen molar-refractivity contribution in [3.05, 3.63) is 65.6 Å². The Morgan fingerprint density at radius 3 is 2.89 bits per heavy atom. The summed E-state index contributed by atoms with van der Waals surface area (Å²) >= 11 is 1.64. The van der Waals surface area contributed by atoms with E-state index in [1.54, 1.807) is 29.9 Å². The van der Waals surface area contributed by atoms with Crippen molar-refractivity contribution in [2.24, 2.45) is 5.73 Å². The highest BCUT2D eigenvalue weighted by Gasteiger charge is 2.17. The van der Waals surface area contributed by atoms with Crippen molar-refractivity contribution in [1.82, 2.24) is 35.0 Å². The fourth-order valence-corrected chi connectivity index (χ4v) is 4.61. The molecule has 9 nitrogen and oxygen atoms in total. The van der Waals surface area contributed by atoms with Gasteiger partial charge in [-0.25, -0.2) is 9.97 Å². The maximum atomic E-state index is 6.02. The van der Waals surface area contributed by atoms with E-state index in [1.165, 1.54) is 0 Å². The van der Waals surface area contributed by atoms with Crippen LogP contribution in [0.15, 0.2) is 60.1 Å². The van der Waals surface area contributed by atoms with Crippen molar-refractivity contribution in [3.63, 3.8) is 0 Å². The molecule has 0 saturated heterocycles. The summed E-state index contributed by atoms with van der Waals surface area (Å²) in [6.45, 7) is 3.51. The van der Waals surface area contributed by atoms with E-state index in [-0.39, 0.29) is 0 Å². The normalized spacial score (nSPS) is 12.8. The number of fused-ring (bicyclic) bond motifs is 2. The number of ether oxygens (including phenoxy) is 1. The van der Waals surface area contributed by atoms with E-state index in [0.717, 1.165) is 62.5 Å². The quantitative estimate of drug-likeness (QED) is 0.196. The molecule has 0 atom stereocenters. The molecule has 10 heteroatoms. The maximum Gasteiger partial charge on any atom is 0.181 e. The minimum atomic E-state index is 0.601. The van der Waals surface area contributed by atoms with Gasteiger partial charge in [0.25, 0.3) is 0 Å². The van der Waals surface area contributed by atoms with Gasteiger partial charge < -0.3 is 20.4 Å². The predicted molar refractivity (Wildman–Crippen MR) is 145 cm³/mol. The molecular weight excluding hydrogens is 472 g/mol. The summed E-state index contributed by atoms with van der Waals surface area (Å²) in [5.41, 5.74) is 11.6. The van der Waals surface area contributed by atoms with Gasteiger partial charge in [0.05, 0.1) is 21.5 Å². The van der Waals surface area contributed by atoms with Gasteiger partial charge in [0.2, 0.25) is 0 Å². The largest absolute Gasteiger partial charge is 0.497 e. The van der Waals surface area contributed by atoms with Gasteiger partial charge in [-0.15, -0.1) is 11.3 Å². The van der Waals surface area contributed by atoms with E-state index in [0.29, 0.717) is 18.1 Å². The highest BCUT2D eigenvalue weighted by atomic mass is 32.1. The van der Waals surface area contributed by atoms with Crippen molar-refractivity contribution in [2.75, 3.05) is 27.2 Å². The molecule has 5 heterocycles. The number of imidazole rings is 1. The summed E-state index contributed by atoms with van der Waals surface area (Å²) in [5, 5.41) is 10.4. The Morgan fingerprint density at radius 2 is 2.14 bits per heavy atom. The second-order valence-electron chi connectivity index (χ2n) is 8.55. The third kappa shape index (κ3) is 4.73. The third-order valence-corrected chi connectivity index (χ3v) is 6.68. The van der Waals surface area contributed by atoms with Crippen molar-refractivity contribution in [3.8, 4) is 22.1 Å². The van der Waals surface area contributed by atoms with Crippen LogP contribution in [0.25, 0.3) is 49.7 Å². The average molecular weight is 501 g/mol.